The molecule has 3 aliphatic rings. The van der Waals surface area contributed by atoms with Crippen LogP contribution in [0.25, 0.3) is 0 Å². The summed E-state index contributed by atoms with van der Waals surface area (Å²) in [5.74, 6) is 0.843. The van der Waals surface area contributed by atoms with Crippen LogP contribution < -0.4 is 5.73 Å². The molecule has 88 valence electrons. The molecule has 3 atom stereocenters. The molecular formula is C10H17F3N2. The lowest BCUT2D eigenvalue weighted by Gasteiger charge is -2.49. The fourth-order valence-corrected chi connectivity index (χ4v) is 3.04. The van der Waals surface area contributed by atoms with Gasteiger partial charge in [0.15, 0.2) is 0 Å². The van der Waals surface area contributed by atoms with Crippen molar-refractivity contribution in [2.75, 3.05) is 19.6 Å². The normalized spacial score (nSPS) is 37.2. The molecule has 5 heteroatoms. The van der Waals surface area contributed by atoms with Crippen molar-refractivity contribution >= 4 is 0 Å². The molecule has 2 aliphatic heterocycles. The lowest BCUT2D eigenvalue weighted by molar-refractivity contribution is -0.164. The molecule has 3 unspecified atom stereocenters. The molecule has 2 bridgehead atoms. The highest BCUT2D eigenvalue weighted by Gasteiger charge is 2.43. The lowest BCUT2D eigenvalue weighted by atomic mass is 9.72. The number of rotatable bonds is 2. The Hall–Kier alpha value is -0.290. The second-order valence-corrected chi connectivity index (χ2v) is 4.77. The van der Waals surface area contributed by atoms with Crippen molar-refractivity contribution in [3.8, 4) is 0 Å². The molecule has 0 aromatic carbocycles. The minimum absolute atomic E-state index is 0.116. The number of nitrogens with zero attached hydrogens (tertiary/aromatic N) is 1. The number of halogens is 3. The Morgan fingerprint density at radius 2 is 2.00 bits per heavy atom. The number of hydrogen-bond acceptors (Lipinski definition) is 2. The molecule has 15 heavy (non-hydrogen) atoms. The van der Waals surface area contributed by atoms with Crippen LogP contribution in [0.4, 0.5) is 13.2 Å². The molecule has 0 aromatic rings. The number of hydrogen-bond donors (Lipinski definition) is 1. The molecule has 2 saturated heterocycles. The zero-order valence-corrected chi connectivity index (χ0v) is 8.63. The zero-order valence-electron chi connectivity index (χ0n) is 8.63. The van der Waals surface area contributed by atoms with E-state index in [9.17, 15) is 13.2 Å². The predicted octanol–water partition coefficient (Wildman–Crippen LogP) is 1.61. The van der Waals surface area contributed by atoms with Crippen LogP contribution in [0.15, 0.2) is 0 Å². The molecule has 0 amide bonds. The third-order valence-electron chi connectivity index (χ3n) is 3.78. The predicted molar refractivity (Wildman–Crippen MR) is 51.3 cm³/mol. The summed E-state index contributed by atoms with van der Waals surface area (Å²) in [5.41, 5.74) is 5.62. The van der Waals surface area contributed by atoms with Gasteiger partial charge in [-0.1, -0.05) is 0 Å². The molecule has 3 rings (SSSR count). The Bertz CT molecular complexity index is 229. The van der Waals surface area contributed by atoms with E-state index in [1.165, 1.54) is 0 Å². The van der Waals surface area contributed by atoms with Crippen molar-refractivity contribution in [2.24, 2.45) is 17.6 Å². The van der Waals surface area contributed by atoms with E-state index in [1.54, 1.807) is 4.90 Å². The van der Waals surface area contributed by atoms with Gasteiger partial charge in [-0.3, -0.25) is 4.90 Å². The summed E-state index contributed by atoms with van der Waals surface area (Å²) in [6.45, 7) is 0.471. The van der Waals surface area contributed by atoms with E-state index in [-0.39, 0.29) is 6.04 Å². The SMILES string of the molecule is NCC1CC2CCC1CN2CC(F)(F)F. The molecular weight excluding hydrogens is 205 g/mol. The molecule has 0 aromatic heterocycles. The molecule has 2 N–H and O–H groups in total. The average Bonchev–Trinajstić information content (AvgIpc) is 2.16. The van der Waals surface area contributed by atoms with Gasteiger partial charge in [-0.05, 0) is 37.6 Å². The molecule has 0 spiro atoms. The highest BCUT2D eigenvalue weighted by atomic mass is 19.4. The Morgan fingerprint density at radius 3 is 2.47 bits per heavy atom. The van der Waals surface area contributed by atoms with E-state index in [2.05, 4.69) is 0 Å². The van der Waals surface area contributed by atoms with E-state index in [4.69, 9.17) is 5.73 Å². The van der Waals surface area contributed by atoms with Crippen molar-refractivity contribution in [1.82, 2.24) is 4.90 Å². The largest absolute Gasteiger partial charge is 0.401 e. The van der Waals surface area contributed by atoms with Crippen LogP contribution in [-0.4, -0.2) is 36.8 Å². The van der Waals surface area contributed by atoms with Gasteiger partial charge in [0.1, 0.15) is 0 Å². The number of nitrogens with two attached hydrogens (primary N) is 1. The molecule has 3 fully saturated rings. The van der Waals surface area contributed by atoms with E-state index < -0.39 is 12.7 Å². The Labute approximate surface area is 87.6 Å². The first-order valence-electron chi connectivity index (χ1n) is 5.50. The topological polar surface area (TPSA) is 29.3 Å². The third-order valence-corrected chi connectivity index (χ3v) is 3.78. The van der Waals surface area contributed by atoms with Gasteiger partial charge in [-0.15, -0.1) is 0 Å². The van der Waals surface area contributed by atoms with Gasteiger partial charge in [0.2, 0.25) is 0 Å². The van der Waals surface area contributed by atoms with Crippen molar-refractivity contribution in [2.45, 2.75) is 31.5 Å². The van der Waals surface area contributed by atoms with Gasteiger partial charge >= 0.3 is 6.18 Å². The van der Waals surface area contributed by atoms with Crippen molar-refractivity contribution in [3.63, 3.8) is 0 Å². The summed E-state index contributed by atoms with van der Waals surface area (Å²) in [6, 6.07) is 0.116. The van der Waals surface area contributed by atoms with Crippen LogP contribution in [0.2, 0.25) is 0 Å². The summed E-state index contributed by atoms with van der Waals surface area (Å²) in [5, 5.41) is 0. The molecule has 1 saturated carbocycles. The van der Waals surface area contributed by atoms with Crippen LogP contribution >= 0.6 is 0 Å². The van der Waals surface area contributed by atoms with Crippen LogP contribution in [0, 0.1) is 11.8 Å². The first kappa shape index (κ1) is 11.2. The highest BCUT2D eigenvalue weighted by Crippen LogP contribution is 2.39. The summed E-state index contributed by atoms with van der Waals surface area (Å²) in [6.07, 6.45) is -1.23. The maximum absolute atomic E-state index is 12.3. The van der Waals surface area contributed by atoms with Crippen LogP contribution in [0.1, 0.15) is 19.3 Å². The van der Waals surface area contributed by atoms with Crippen molar-refractivity contribution < 1.29 is 13.2 Å². The van der Waals surface area contributed by atoms with Gasteiger partial charge < -0.3 is 5.73 Å². The summed E-state index contributed by atoms with van der Waals surface area (Å²) in [7, 11) is 0. The monoisotopic (exact) mass is 222 g/mol. The first-order chi connectivity index (χ1) is 6.99. The maximum Gasteiger partial charge on any atom is 0.401 e. The molecule has 2 nitrogen and oxygen atoms in total. The highest BCUT2D eigenvalue weighted by molar-refractivity contribution is 4.93. The fourth-order valence-electron chi connectivity index (χ4n) is 3.04. The Morgan fingerprint density at radius 1 is 1.27 bits per heavy atom. The molecule has 0 radical (unpaired) electrons. The number of piperidine rings is 2. The van der Waals surface area contributed by atoms with Gasteiger partial charge in [-0.2, -0.15) is 13.2 Å². The third kappa shape index (κ3) is 2.45. The molecule has 1 aliphatic carbocycles. The van der Waals surface area contributed by atoms with Gasteiger partial charge in [0, 0.05) is 12.6 Å². The zero-order chi connectivity index (χ0) is 11.1. The van der Waals surface area contributed by atoms with Crippen LogP contribution in [-0.2, 0) is 0 Å². The minimum Gasteiger partial charge on any atom is -0.330 e. The van der Waals surface area contributed by atoms with Crippen molar-refractivity contribution in [3.05, 3.63) is 0 Å². The van der Waals surface area contributed by atoms with Crippen molar-refractivity contribution in [1.29, 1.82) is 0 Å². The van der Waals surface area contributed by atoms with E-state index in [1.807, 2.05) is 0 Å². The van der Waals surface area contributed by atoms with E-state index >= 15 is 0 Å². The molecule has 2 heterocycles. The van der Waals surface area contributed by atoms with Crippen LogP contribution in [0.3, 0.4) is 0 Å². The Kier molecular flexibility index (Phi) is 2.94. The van der Waals surface area contributed by atoms with Crippen LogP contribution in [0.5, 0.6) is 0 Å². The lowest BCUT2D eigenvalue weighted by Crippen LogP contribution is -2.55. The van der Waals surface area contributed by atoms with Gasteiger partial charge in [0.25, 0.3) is 0 Å². The summed E-state index contributed by atoms with van der Waals surface area (Å²) in [4.78, 5) is 1.60. The quantitative estimate of drug-likeness (QED) is 0.769. The number of alkyl halides is 3. The number of fused-ring (bicyclic) bond motifs is 3. The van der Waals surface area contributed by atoms with Gasteiger partial charge in [-0.25, -0.2) is 0 Å². The van der Waals surface area contributed by atoms with E-state index in [0.717, 1.165) is 19.3 Å². The van der Waals surface area contributed by atoms with E-state index in [0.29, 0.717) is 24.9 Å². The minimum atomic E-state index is -4.06. The summed E-state index contributed by atoms with van der Waals surface area (Å²) < 4.78 is 36.8. The fraction of sp³-hybridized carbons (Fsp3) is 1.00. The average molecular weight is 222 g/mol. The Balaban J connectivity index is 1.96. The second kappa shape index (κ2) is 3.94. The second-order valence-electron chi connectivity index (χ2n) is 4.77. The summed E-state index contributed by atoms with van der Waals surface area (Å²) >= 11 is 0. The maximum atomic E-state index is 12.3. The van der Waals surface area contributed by atoms with Gasteiger partial charge in [0.05, 0.1) is 6.54 Å². The first-order valence-corrected chi connectivity index (χ1v) is 5.50. The standard InChI is InChI=1S/C10H17F3N2/c11-10(12,13)6-15-5-7-1-2-9(15)3-8(7)4-14/h7-9H,1-6,14H2. The smallest absolute Gasteiger partial charge is 0.330 e.